The molecule has 1 amide bonds. The van der Waals surface area contributed by atoms with E-state index in [-0.39, 0.29) is 11.9 Å². The molecule has 1 fully saturated rings. The second-order valence-corrected chi connectivity index (χ2v) is 5.99. The van der Waals surface area contributed by atoms with Crippen molar-refractivity contribution in [1.29, 1.82) is 0 Å². The highest BCUT2D eigenvalue weighted by Gasteiger charge is 2.28. The van der Waals surface area contributed by atoms with Gasteiger partial charge in [-0.25, -0.2) is 0 Å². The van der Waals surface area contributed by atoms with Crippen LogP contribution in [0.2, 0.25) is 5.02 Å². The number of carbonyl (C=O) groups is 1. The van der Waals surface area contributed by atoms with Crippen LogP contribution in [0, 0.1) is 9.49 Å². The maximum Gasteiger partial charge on any atom is 0.252 e. The van der Waals surface area contributed by atoms with Crippen LogP contribution < -0.4 is 11.1 Å². The Balaban J connectivity index is 1.94. The molecule has 1 aliphatic rings. The van der Waals surface area contributed by atoms with Crippen LogP contribution in [0.15, 0.2) is 18.2 Å². The van der Waals surface area contributed by atoms with Crippen molar-refractivity contribution in [1.82, 2.24) is 5.32 Å². The van der Waals surface area contributed by atoms with E-state index in [0.717, 1.165) is 3.57 Å². The number of halogens is 2. The molecule has 1 atom stereocenters. The van der Waals surface area contributed by atoms with Gasteiger partial charge in [-0.1, -0.05) is 11.6 Å². The predicted molar refractivity (Wildman–Crippen MR) is 77.2 cm³/mol. The maximum atomic E-state index is 11.9. The van der Waals surface area contributed by atoms with Crippen molar-refractivity contribution in [2.45, 2.75) is 18.9 Å². The first kappa shape index (κ1) is 13.1. The van der Waals surface area contributed by atoms with Crippen molar-refractivity contribution >= 4 is 40.1 Å². The Bertz CT molecular complexity index is 435. The molecule has 2 rings (SSSR count). The summed E-state index contributed by atoms with van der Waals surface area (Å²) >= 11 is 8.18. The number of carbonyl (C=O) groups excluding carboxylic acids is 1. The van der Waals surface area contributed by atoms with Gasteiger partial charge in [-0.2, -0.15) is 0 Å². The highest BCUT2D eigenvalue weighted by molar-refractivity contribution is 14.1. The van der Waals surface area contributed by atoms with E-state index < -0.39 is 0 Å². The third kappa shape index (κ3) is 3.56. The van der Waals surface area contributed by atoms with Gasteiger partial charge in [0.15, 0.2) is 0 Å². The molecule has 0 aromatic heterocycles. The molecule has 17 heavy (non-hydrogen) atoms. The fraction of sp³-hybridized carbons (Fsp3) is 0.417. The van der Waals surface area contributed by atoms with Gasteiger partial charge in [0.1, 0.15) is 0 Å². The number of nitrogens with two attached hydrogens (primary N) is 1. The molecular weight excluding hydrogens is 351 g/mol. The SMILES string of the molecule is NC(CNC(=O)c1ccc(I)cc1Cl)C1CC1. The minimum absolute atomic E-state index is 0.0709. The van der Waals surface area contributed by atoms with Gasteiger partial charge in [0.05, 0.1) is 10.6 Å². The van der Waals surface area contributed by atoms with E-state index in [1.165, 1.54) is 12.8 Å². The molecule has 1 saturated carbocycles. The van der Waals surface area contributed by atoms with Gasteiger partial charge in [0.2, 0.25) is 0 Å². The van der Waals surface area contributed by atoms with Gasteiger partial charge in [0, 0.05) is 16.2 Å². The lowest BCUT2D eigenvalue weighted by atomic mass is 10.2. The van der Waals surface area contributed by atoms with E-state index >= 15 is 0 Å². The van der Waals surface area contributed by atoms with Crippen LogP contribution in [0.3, 0.4) is 0 Å². The van der Waals surface area contributed by atoms with Crippen molar-refractivity contribution in [3.05, 3.63) is 32.4 Å². The summed E-state index contributed by atoms with van der Waals surface area (Å²) in [6.07, 6.45) is 2.36. The molecule has 0 saturated heterocycles. The molecule has 0 spiro atoms. The summed E-state index contributed by atoms with van der Waals surface area (Å²) in [6.45, 7) is 0.520. The van der Waals surface area contributed by atoms with Crippen molar-refractivity contribution in [2.75, 3.05) is 6.54 Å². The second kappa shape index (κ2) is 5.54. The molecule has 1 aromatic carbocycles. The Hall–Kier alpha value is -0.330. The normalized spacial score (nSPS) is 16.6. The Labute approximate surface area is 119 Å². The van der Waals surface area contributed by atoms with Crippen LogP contribution in [0.4, 0.5) is 0 Å². The third-order valence-corrected chi connectivity index (χ3v) is 3.89. The zero-order chi connectivity index (χ0) is 12.4. The smallest absolute Gasteiger partial charge is 0.252 e. The molecule has 0 heterocycles. The standard InChI is InChI=1S/C12H14ClIN2O/c13-10-5-8(14)3-4-9(10)12(17)16-6-11(15)7-1-2-7/h3-5,7,11H,1-2,6,15H2,(H,16,17). The number of hydrogen-bond donors (Lipinski definition) is 2. The minimum atomic E-state index is -0.150. The zero-order valence-corrected chi connectivity index (χ0v) is 12.2. The van der Waals surface area contributed by atoms with Crippen molar-refractivity contribution < 1.29 is 4.79 Å². The van der Waals surface area contributed by atoms with E-state index in [1.807, 2.05) is 6.07 Å². The van der Waals surface area contributed by atoms with Crippen LogP contribution in [0.5, 0.6) is 0 Å². The summed E-state index contributed by atoms with van der Waals surface area (Å²) in [5.41, 5.74) is 6.43. The number of rotatable bonds is 4. The summed E-state index contributed by atoms with van der Waals surface area (Å²) in [7, 11) is 0. The molecular formula is C12H14ClIN2O. The average Bonchev–Trinajstić information content (AvgIpc) is 3.09. The van der Waals surface area contributed by atoms with Crippen LogP contribution in [-0.4, -0.2) is 18.5 Å². The lowest BCUT2D eigenvalue weighted by Crippen LogP contribution is -2.38. The molecule has 5 heteroatoms. The van der Waals surface area contributed by atoms with Gasteiger partial charge >= 0.3 is 0 Å². The Morgan fingerprint density at radius 1 is 1.59 bits per heavy atom. The summed E-state index contributed by atoms with van der Waals surface area (Å²) in [5.74, 6) is 0.435. The van der Waals surface area contributed by atoms with E-state index in [2.05, 4.69) is 27.9 Å². The van der Waals surface area contributed by atoms with E-state index in [0.29, 0.717) is 23.0 Å². The average molecular weight is 365 g/mol. The minimum Gasteiger partial charge on any atom is -0.350 e. The van der Waals surface area contributed by atoms with E-state index in [4.69, 9.17) is 17.3 Å². The van der Waals surface area contributed by atoms with Crippen molar-refractivity contribution in [3.63, 3.8) is 0 Å². The van der Waals surface area contributed by atoms with E-state index in [1.54, 1.807) is 12.1 Å². The first-order valence-corrected chi connectivity index (χ1v) is 7.02. The summed E-state index contributed by atoms with van der Waals surface area (Å²) in [5, 5.41) is 3.31. The number of benzene rings is 1. The molecule has 0 bridgehead atoms. The first-order chi connectivity index (χ1) is 8.08. The van der Waals surface area contributed by atoms with Gasteiger partial charge < -0.3 is 11.1 Å². The molecule has 3 nitrogen and oxygen atoms in total. The molecule has 0 radical (unpaired) electrons. The maximum absolute atomic E-state index is 11.9. The fourth-order valence-electron chi connectivity index (χ4n) is 1.67. The number of nitrogens with one attached hydrogen (secondary N) is 1. The predicted octanol–water partition coefficient (Wildman–Crippen LogP) is 2.41. The lowest BCUT2D eigenvalue weighted by Gasteiger charge is -2.12. The van der Waals surface area contributed by atoms with Gasteiger partial charge in [0.25, 0.3) is 5.91 Å². The van der Waals surface area contributed by atoms with Crippen LogP contribution in [0.1, 0.15) is 23.2 Å². The van der Waals surface area contributed by atoms with Crippen LogP contribution >= 0.6 is 34.2 Å². The molecule has 3 N–H and O–H groups in total. The van der Waals surface area contributed by atoms with Crippen LogP contribution in [-0.2, 0) is 0 Å². The molecule has 1 aromatic rings. The van der Waals surface area contributed by atoms with Crippen molar-refractivity contribution in [2.24, 2.45) is 11.7 Å². The number of hydrogen-bond acceptors (Lipinski definition) is 2. The molecule has 1 aliphatic carbocycles. The van der Waals surface area contributed by atoms with Gasteiger partial charge in [-0.05, 0) is 59.5 Å². The highest BCUT2D eigenvalue weighted by atomic mass is 127. The summed E-state index contributed by atoms with van der Waals surface area (Å²) in [4.78, 5) is 11.9. The Morgan fingerprint density at radius 3 is 2.88 bits per heavy atom. The molecule has 0 aliphatic heterocycles. The number of amides is 1. The van der Waals surface area contributed by atoms with Crippen molar-refractivity contribution in [3.8, 4) is 0 Å². The molecule has 1 unspecified atom stereocenters. The first-order valence-electron chi connectivity index (χ1n) is 5.57. The van der Waals surface area contributed by atoms with Crippen LogP contribution in [0.25, 0.3) is 0 Å². The highest BCUT2D eigenvalue weighted by Crippen LogP contribution is 2.31. The monoisotopic (exact) mass is 364 g/mol. The van der Waals surface area contributed by atoms with E-state index in [9.17, 15) is 4.79 Å². The lowest BCUT2D eigenvalue weighted by molar-refractivity contribution is 0.0950. The fourth-order valence-corrected chi connectivity index (χ4v) is 2.61. The third-order valence-electron chi connectivity index (χ3n) is 2.90. The Morgan fingerprint density at radius 2 is 2.29 bits per heavy atom. The quantitative estimate of drug-likeness (QED) is 0.806. The Kier molecular flexibility index (Phi) is 4.27. The molecule has 92 valence electrons. The zero-order valence-electron chi connectivity index (χ0n) is 9.25. The summed E-state index contributed by atoms with van der Waals surface area (Å²) in [6, 6.07) is 5.45. The van der Waals surface area contributed by atoms with Gasteiger partial charge in [-0.3, -0.25) is 4.79 Å². The summed E-state index contributed by atoms with van der Waals surface area (Å²) < 4.78 is 1.01. The topological polar surface area (TPSA) is 55.1 Å². The second-order valence-electron chi connectivity index (χ2n) is 4.34. The van der Waals surface area contributed by atoms with Gasteiger partial charge in [-0.15, -0.1) is 0 Å². The largest absolute Gasteiger partial charge is 0.350 e.